The molecule has 182 valence electrons. The van der Waals surface area contributed by atoms with E-state index in [0.717, 1.165) is 33.5 Å². The maximum Gasteiger partial charge on any atom is 0.322 e. The van der Waals surface area contributed by atoms with Crippen molar-refractivity contribution in [2.45, 2.75) is 19.9 Å². The zero-order valence-corrected chi connectivity index (χ0v) is 21.1. The molecular formula is C27H27Cl2N3O3. The van der Waals surface area contributed by atoms with Crippen molar-refractivity contribution in [3.63, 3.8) is 0 Å². The average Bonchev–Trinajstić information content (AvgIpc) is 3.26. The molecule has 1 heterocycles. The van der Waals surface area contributed by atoms with Crippen molar-refractivity contribution in [2.24, 2.45) is 0 Å². The lowest BCUT2D eigenvalue weighted by atomic mass is 10.1. The molecule has 0 saturated carbocycles. The summed E-state index contributed by atoms with van der Waals surface area (Å²) >= 11 is 12.3. The van der Waals surface area contributed by atoms with E-state index in [4.69, 9.17) is 32.7 Å². The number of nitrogens with one attached hydrogen (secondary N) is 2. The standard InChI is InChI=1S/C27H27Cl2N3O3/c1-3-35-21-7-4-18(5-8-21)17-32(27(33)31-26-10-6-20(28)14-24(26)29)13-12-19-16-30-25-11-9-22(34-2)15-23(19)25/h4-11,14-16,30H,3,12-13,17H2,1-2H3,(H,31,33). The second-order valence-electron chi connectivity index (χ2n) is 8.03. The Kier molecular flexibility index (Phi) is 8.06. The Morgan fingerprint density at radius 1 is 1.03 bits per heavy atom. The van der Waals surface area contributed by atoms with Crippen molar-refractivity contribution >= 4 is 45.8 Å². The number of hydrogen-bond acceptors (Lipinski definition) is 3. The maximum atomic E-state index is 13.3. The van der Waals surface area contributed by atoms with Gasteiger partial charge < -0.3 is 24.7 Å². The Morgan fingerprint density at radius 2 is 1.80 bits per heavy atom. The molecule has 0 bridgehead atoms. The van der Waals surface area contributed by atoms with Gasteiger partial charge in [0, 0.05) is 35.2 Å². The Bertz CT molecular complexity index is 1310. The number of benzene rings is 3. The second kappa shape index (κ2) is 11.4. The Morgan fingerprint density at radius 3 is 2.51 bits per heavy atom. The van der Waals surface area contributed by atoms with E-state index in [9.17, 15) is 4.79 Å². The van der Waals surface area contributed by atoms with E-state index in [2.05, 4.69) is 10.3 Å². The van der Waals surface area contributed by atoms with Gasteiger partial charge in [-0.2, -0.15) is 0 Å². The molecule has 3 aromatic carbocycles. The molecule has 0 aliphatic rings. The van der Waals surface area contributed by atoms with Crippen LogP contribution >= 0.6 is 23.2 Å². The number of carbonyl (C=O) groups excluding carboxylic acids is 1. The van der Waals surface area contributed by atoms with Crippen LogP contribution in [0.3, 0.4) is 0 Å². The number of amides is 2. The maximum absolute atomic E-state index is 13.3. The van der Waals surface area contributed by atoms with E-state index in [1.807, 2.05) is 55.6 Å². The normalized spacial score (nSPS) is 10.9. The number of anilines is 1. The van der Waals surface area contributed by atoms with Crippen LogP contribution in [-0.4, -0.2) is 36.2 Å². The molecule has 0 atom stereocenters. The summed E-state index contributed by atoms with van der Waals surface area (Å²) in [6, 6.07) is 18.4. The van der Waals surface area contributed by atoms with Gasteiger partial charge in [0.15, 0.2) is 0 Å². The largest absolute Gasteiger partial charge is 0.497 e. The topological polar surface area (TPSA) is 66.6 Å². The van der Waals surface area contributed by atoms with Crippen molar-refractivity contribution in [1.82, 2.24) is 9.88 Å². The molecule has 35 heavy (non-hydrogen) atoms. The van der Waals surface area contributed by atoms with E-state index in [0.29, 0.717) is 41.8 Å². The number of carbonyl (C=O) groups is 1. The van der Waals surface area contributed by atoms with Gasteiger partial charge in [0.25, 0.3) is 0 Å². The fourth-order valence-corrected chi connectivity index (χ4v) is 4.32. The molecule has 0 saturated heterocycles. The molecule has 0 fully saturated rings. The summed E-state index contributed by atoms with van der Waals surface area (Å²) in [5, 5.41) is 4.89. The molecule has 4 rings (SSSR count). The molecule has 0 aliphatic heterocycles. The third-order valence-electron chi connectivity index (χ3n) is 5.69. The van der Waals surface area contributed by atoms with Crippen LogP contribution in [0.4, 0.5) is 10.5 Å². The number of halogens is 2. The first kappa shape index (κ1) is 24.8. The van der Waals surface area contributed by atoms with Gasteiger partial charge in [-0.15, -0.1) is 0 Å². The van der Waals surface area contributed by atoms with Crippen LogP contribution in [0.25, 0.3) is 10.9 Å². The monoisotopic (exact) mass is 511 g/mol. The molecule has 1 aromatic heterocycles. The van der Waals surface area contributed by atoms with E-state index in [1.54, 1.807) is 30.2 Å². The molecule has 4 aromatic rings. The van der Waals surface area contributed by atoms with Gasteiger partial charge in [0.1, 0.15) is 11.5 Å². The molecule has 2 N–H and O–H groups in total. The van der Waals surface area contributed by atoms with Gasteiger partial charge in [-0.1, -0.05) is 35.3 Å². The predicted molar refractivity (Wildman–Crippen MR) is 142 cm³/mol. The van der Waals surface area contributed by atoms with E-state index < -0.39 is 0 Å². The summed E-state index contributed by atoms with van der Waals surface area (Å²) in [6.07, 6.45) is 2.64. The molecule has 0 unspecified atom stereocenters. The van der Waals surface area contributed by atoms with E-state index in [-0.39, 0.29) is 6.03 Å². The Labute approximate surface area is 214 Å². The van der Waals surface area contributed by atoms with Crippen LogP contribution in [0.1, 0.15) is 18.1 Å². The minimum Gasteiger partial charge on any atom is -0.497 e. The van der Waals surface area contributed by atoms with E-state index in [1.165, 1.54) is 0 Å². The quantitative estimate of drug-likeness (QED) is 0.250. The highest BCUT2D eigenvalue weighted by Crippen LogP contribution is 2.27. The smallest absolute Gasteiger partial charge is 0.322 e. The lowest BCUT2D eigenvalue weighted by molar-refractivity contribution is 0.210. The molecule has 8 heteroatoms. The number of urea groups is 1. The zero-order valence-electron chi connectivity index (χ0n) is 19.6. The van der Waals surface area contributed by atoms with Crippen LogP contribution in [-0.2, 0) is 13.0 Å². The summed E-state index contributed by atoms with van der Waals surface area (Å²) < 4.78 is 10.9. The minimum absolute atomic E-state index is 0.250. The number of aromatic nitrogens is 1. The summed E-state index contributed by atoms with van der Waals surface area (Å²) in [4.78, 5) is 18.4. The van der Waals surface area contributed by atoms with Crippen molar-refractivity contribution < 1.29 is 14.3 Å². The van der Waals surface area contributed by atoms with Gasteiger partial charge >= 0.3 is 6.03 Å². The number of aromatic amines is 1. The molecule has 2 amide bonds. The first-order chi connectivity index (χ1) is 17.0. The first-order valence-electron chi connectivity index (χ1n) is 11.3. The van der Waals surface area contributed by atoms with Gasteiger partial charge in [0.2, 0.25) is 0 Å². The molecule has 6 nitrogen and oxygen atoms in total. The van der Waals surface area contributed by atoms with Crippen LogP contribution in [0, 0.1) is 0 Å². The molecular weight excluding hydrogens is 485 g/mol. The molecule has 0 aliphatic carbocycles. The van der Waals surface area contributed by atoms with Crippen LogP contribution in [0.15, 0.2) is 66.9 Å². The van der Waals surface area contributed by atoms with Crippen molar-refractivity contribution in [3.05, 3.63) is 88.0 Å². The van der Waals surface area contributed by atoms with Crippen molar-refractivity contribution in [1.29, 1.82) is 0 Å². The predicted octanol–water partition coefficient (Wildman–Crippen LogP) is 7.16. The lowest BCUT2D eigenvalue weighted by Gasteiger charge is -2.24. The highest BCUT2D eigenvalue weighted by molar-refractivity contribution is 6.36. The van der Waals surface area contributed by atoms with Gasteiger partial charge in [-0.3, -0.25) is 0 Å². The van der Waals surface area contributed by atoms with Crippen LogP contribution in [0.5, 0.6) is 11.5 Å². The second-order valence-corrected chi connectivity index (χ2v) is 8.87. The van der Waals surface area contributed by atoms with Crippen LogP contribution in [0.2, 0.25) is 10.0 Å². The number of nitrogens with zero attached hydrogens (tertiary/aromatic N) is 1. The zero-order chi connectivity index (χ0) is 24.8. The number of rotatable bonds is 9. The van der Waals surface area contributed by atoms with Gasteiger partial charge in [-0.05, 0) is 73.0 Å². The number of hydrogen-bond donors (Lipinski definition) is 2. The average molecular weight is 512 g/mol. The van der Waals surface area contributed by atoms with Gasteiger partial charge in [-0.25, -0.2) is 4.79 Å². The van der Waals surface area contributed by atoms with Crippen LogP contribution < -0.4 is 14.8 Å². The number of methoxy groups -OCH3 is 1. The SMILES string of the molecule is CCOc1ccc(CN(CCc2c[nH]c3ccc(OC)cc23)C(=O)Nc2ccc(Cl)cc2Cl)cc1. The summed E-state index contributed by atoms with van der Waals surface area (Å²) in [5.41, 5.74) is 3.63. The minimum atomic E-state index is -0.250. The number of ether oxygens (including phenoxy) is 2. The highest BCUT2D eigenvalue weighted by atomic mass is 35.5. The third kappa shape index (κ3) is 6.21. The number of fused-ring (bicyclic) bond motifs is 1. The van der Waals surface area contributed by atoms with Crippen molar-refractivity contribution in [3.8, 4) is 11.5 Å². The Balaban J connectivity index is 1.54. The molecule has 0 spiro atoms. The summed E-state index contributed by atoms with van der Waals surface area (Å²) in [7, 11) is 1.65. The highest BCUT2D eigenvalue weighted by Gasteiger charge is 2.17. The van der Waals surface area contributed by atoms with E-state index >= 15 is 0 Å². The molecule has 0 radical (unpaired) electrons. The number of H-pyrrole nitrogens is 1. The first-order valence-corrected chi connectivity index (χ1v) is 12.1. The fourth-order valence-electron chi connectivity index (χ4n) is 3.86. The fraction of sp³-hybridized carbons (Fsp3) is 0.222. The third-order valence-corrected chi connectivity index (χ3v) is 6.24. The Hall–Kier alpha value is -3.35. The van der Waals surface area contributed by atoms with Crippen molar-refractivity contribution in [2.75, 3.05) is 25.6 Å². The lowest BCUT2D eigenvalue weighted by Crippen LogP contribution is -2.36. The summed E-state index contributed by atoms with van der Waals surface area (Å²) in [5.74, 6) is 1.59. The summed E-state index contributed by atoms with van der Waals surface area (Å²) in [6.45, 7) is 3.47. The van der Waals surface area contributed by atoms with Gasteiger partial charge in [0.05, 0.1) is 24.4 Å².